The van der Waals surface area contributed by atoms with Crippen LogP contribution < -0.4 is 0 Å². The third-order valence-corrected chi connectivity index (χ3v) is 4.61. The van der Waals surface area contributed by atoms with Crippen LogP contribution in [-0.2, 0) is 10.0 Å². The molecule has 0 saturated heterocycles. The molecule has 0 unspecified atom stereocenters. The Morgan fingerprint density at radius 3 is 2.38 bits per heavy atom. The van der Waals surface area contributed by atoms with E-state index in [-0.39, 0.29) is 6.54 Å². The summed E-state index contributed by atoms with van der Waals surface area (Å²) in [4.78, 5) is 9.18. The summed E-state index contributed by atoms with van der Waals surface area (Å²) >= 11 is 0. The van der Waals surface area contributed by atoms with Gasteiger partial charge in [0.05, 0.1) is 15.9 Å². The summed E-state index contributed by atoms with van der Waals surface area (Å²) in [6.07, 6.45) is 0. The van der Waals surface area contributed by atoms with Crippen molar-refractivity contribution in [3.05, 3.63) is 34.1 Å². The molecule has 0 saturated carbocycles. The summed E-state index contributed by atoms with van der Waals surface area (Å²) in [5.74, 6) is -1.75. The minimum absolute atomic E-state index is 0.209. The number of aliphatic hydroxyl groups excluding tert-OH is 2. The number of nitro benzene ring substituents is 1. The van der Waals surface area contributed by atoms with E-state index in [0.29, 0.717) is 12.1 Å². The van der Waals surface area contributed by atoms with E-state index in [1.54, 1.807) is 0 Å². The van der Waals surface area contributed by atoms with Gasteiger partial charge >= 0.3 is 0 Å². The molecule has 1 aromatic rings. The standard InChI is InChI=1S/C11H15FN2O6S/c1-13(5-8(6-15)7-16)21(19,20)11-3-9(12)2-10(4-11)14(17)18/h2-4,8,15-16H,5-7H2,1H3. The van der Waals surface area contributed by atoms with Gasteiger partial charge in [-0.15, -0.1) is 0 Å². The number of rotatable bonds is 7. The SMILES string of the molecule is CN(CC(CO)CO)S(=O)(=O)c1cc(F)cc([N+](=O)[O-])c1. The first-order valence-corrected chi connectivity index (χ1v) is 7.29. The zero-order chi connectivity index (χ0) is 16.2. The maximum atomic E-state index is 13.3. The third-order valence-electron chi connectivity index (χ3n) is 2.81. The first-order valence-electron chi connectivity index (χ1n) is 5.85. The predicted octanol–water partition coefficient (Wildman–Crippen LogP) is -0.0448. The van der Waals surface area contributed by atoms with Crippen molar-refractivity contribution in [1.29, 1.82) is 0 Å². The van der Waals surface area contributed by atoms with E-state index in [2.05, 4.69) is 0 Å². The van der Waals surface area contributed by atoms with E-state index in [0.717, 1.165) is 10.4 Å². The molecule has 0 atom stereocenters. The van der Waals surface area contributed by atoms with Crippen LogP contribution >= 0.6 is 0 Å². The average Bonchev–Trinajstić information content (AvgIpc) is 2.43. The van der Waals surface area contributed by atoms with Gasteiger partial charge in [0, 0.05) is 38.8 Å². The van der Waals surface area contributed by atoms with Gasteiger partial charge in [-0.05, 0) is 6.07 Å². The Labute approximate surface area is 120 Å². The molecule has 0 fully saturated rings. The quantitative estimate of drug-likeness (QED) is 0.536. The van der Waals surface area contributed by atoms with Gasteiger partial charge in [-0.25, -0.2) is 17.1 Å². The van der Waals surface area contributed by atoms with Gasteiger partial charge in [0.25, 0.3) is 5.69 Å². The Morgan fingerprint density at radius 1 is 1.33 bits per heavy atom. The summed E-state index contributed by atoms with van der Waals surface area (Å²) in [6.45, 7) is -1.07. The molecule has 0 aliphatic rings. The number of nitrogens with zero attached hydrogens (tertiary/aromatic N) is 2. The first-order chi connectivity index (χ1) is 9.72. The van der Waals surface area contributed by atoms with Crippen LogP contribution in [0.3, 0.4) is 0 Å². The predicted molar refractivity (Wildman–Crippen MR) is 70.5 cm³/mol. The van der Waals surface area contributed by atoms with Gasteiger partial charge in [-0.2, -0.15) is 0 Å². The summed E-state index contributed by atoms with van der Waals surface area (Å²) in [5.41, 5.74) is -0.678. The van der Waals surface area contributed by atoms with Crippen LogP contribution in [0.15, 0.2) is 23.1 Å². The molecular weight excluding hydrogens is 307 g/mol. The fourth-order valence-corrected chi connectivity index (χ4v) is 2.92. The maximum Gasteiger partial charge on any atom is 0.273 e. The van der Waals surface area contributed by atoms with Crippen LogP contribution in [0.4, 0.5) is 10.1 Å². The molecule has 21 heavy (non-hydrogen) atoms. The topological polar surface area (TPSA) is 121 Å². The van der Waals surface area contributed by atoms with E-state index >= 15 is 0 Å². The van der Waals surface area contributed by atoms with Crippen molar-refractivity contribution in [2.24, 2.45) is 5.92 Å². The fraction of sp³-hybridized carbons (Fsp3) is 0.455. The summed E-state index contributed by atoms with van der Waals surface area (Å²) in [6, 6.07) is 2.04. The van der Waals surface area contributed by atoms with Gasteiger partial charge in [-0.3, -0.25) is 10.1 Å². The minimum atomic E-state index is -4.17. The number of hydrogen-bond donors (Lipinski definition) is 2. The van der Waals surface area contributed by atoms with Crippen molar-refractivity contribution >= 4 is 15.7 Å². The Hall–Kier alpha value is -1.62. The zero-order valence-corrected chi connectivity index (χ0v) is 12.0. The van der Waals surface area contributed by atoms with Crippen LogP contribution in [0.2, 0.25) is 0 Å². The molecule has 0 heterocycles. The normalized spacial score (nSPS) is 12.1. The van der Waals surface area contributed by atoms with Gasteiger partial charge in [-0.1, -0.05) is 0 Å². The lowest BCUT2D eigenvalue weighted by atomic mass is 10.2. The molecule has 1 rings (SSSR count). The smallest absolute Gasteiger partial charge is 0.273 e. The molecule has 0 aliphatic carbocycles. The number of aliphatic hydroxyl groups is 2. The molecule has 0 aromatic heterocycles. The number of hydrogen-bond acceptors (Lipinski definition) is 6. The summed E-state index contributed by atoms with van der Waals surface area (Å²) < 4.78 is 38.5. The molecule has 1 aromatic carbocycles. The van der Waals surface area contributed by atoms with E-state index in [4.69, 9.17) is 10.2 Å². The summed E-state index contributed by atoms with van der Waals surface area (Å²) in [7, 11) is -3.00. The molecule has 8 nitrogen and oxygen atoms in total. The number of benzene rings is 1. The van der Waals surface area contributed by atoms with Crippen molar-refractivity contribution in [2.75, 3.05) is 26.8 Å². The van der Waals surface area contributed by atoms with Gasteiger partial charge in [0.15, 0.2) is 0 Å². The molecule has 0 radical (unpaired) electrons. The van der Waals surface area contributed by atoms with Crippen molar-refractivity contribution in [1.82, 2.24) is 4.31 Å². The Kier molecular flexibility index (Phi) is 5.72. The highest BCUT2D eigenvalue weighted by Crippen LogP contribution is 2.22. The zero-order valence-electron chi connectivity index (χ0n) is 11.1. The second-order valence-electron chi connectivity index (χ2n) is 4.42. The van der Waals surface area contributed by atoms with Gasteiger partial charge in [0.1, 0.15) is 5.82 Å². The first kappa shape index (κ1) is 17.4. The fourth-order valence-electron chi connectivity index (χ4n) is 1.62. The molecule has 0 spiro atoms. The van der Waals surface area contributed by atoms with E-state index < -0.39 is 50.5 Å². The maximum absolute atomic E-state index is 13.3. The molecular formula is C11H15FN2O6S. The van der Waals surface area contributed by atoms with Crippen molar-refractivity contribution in [2.45, 2.75) is 4.90 Å². The number of non-ortho nitro benzene ring substituents is 1. The Morgan fingerprint density at radius 2 is 1.90 bits per heavy atom. The molecule has 2 N–H and O–H groups in total. The molecule has 10 heteroatoms. The van der Waals surface area contributed by atoms with Crippen LogP contribution in [0, 0.1) is 21.8 Å². The Balaban J connectivity index is 3.15. The van der Waals surface area contributed by atoms with E-state index in [9.17, 15) is 22.9 Å². The molecule has 0 bridgehead atoms. The largest absolute Gasteiger partial charge is 0.396 e. The van der Waals surface area contributed by atoms with Crippen LogP contribution in [0.25, 0.3) is 0 Å². The van der Waals surface area contributed by atoms with Gasteiger partial charge in [0.2, 0.25) is 10.0 Å². The minimum Gasteiger partial charge on any atom is -0.396 e. The lowest BCUT2D eigenvalue weighted by molar-refractivity contribution is -0.385. The lowest BCUT2D eigenvalue weighted by Gasteiger charge is -2.21. The number of halogens is 1. The average molecular weight is 322 g/mol. The van der Waals surface area contributed by atoms with Crippen molar-refractivity contribution in [3.8, 4) is 0 Å². The lowest BCUT2D eigenvalue weighted by Crippen LogP contribution is -2.34. The van der Waals surface area contributed by atoms with Gasteiger partial charge < -0.3 is 10.2 Å². The molecule has 0 amide bonds. The van der Waals surface area contributed by atoms with Crippen LogP contribution in [0.1, 0.15) is 0 Å². The summed E-state index contributed by atoms with van der Waals surface area (Å²) in [5, 5.41) is 28.5. The van der Waals surface area contributed by atoms with Crippen LogP contribution in [-0.4, -0.2) is 54.7 Å². The molecule has 0 aliphatic heterocycles. The van der Waals surface area contributed by atoms with Crippen LogP contribution in [0.5, 0.6) is 0 Å². The van der Waals surface area contributed by atoms with Crippen molar-refractivity contribution < 1.29 is 27.9 Å². The second-order valence-corrected chi connectivity index (χ2v) is 6.46. The third kappa shape index (κ3) is 4.17. The second kappa shape index (κ2) is 6.89. The number of sulfonamides is 1. The van der Waals surface area contributed by atoms with E-state index in [1.807, 2.05) is 0 Å². The monoisotopic (exact) mass is 322 g/mol. The van der Waals surface area contributed by atoms with Crippen molar-refractivity contribution in [3.63, 3.8) is 0 Å². The van der Waals surface area contributed by atoms with E-state index in [1.165, 1.54) is 7.05 Å². The molecule has 118 valence electrons. The Bertz CT molecular complexity index is 617. The highest BCUT2D eigenvalue weighted by atomic mass is 32.2. The highest BCUT2D eigenvalue weighted by molar-refractivity contribution is 7.89. The highest BCUT2D eigenvalue weighted by Gasteiger charge is 2.26. The number of nitro groups is 1.